The molecule has 148 valence electrons. The monoisotopic (exact) mass is 415 g/mol. The molecule has 1 aliphatic heterocycles. The van der Waals surface area contributed by atoms with Gasteiger partial charge in [0.05, 0.1) is 22.2 Å². The maximum absolute atomic E-state index is 13.3. The van der Waals surface area contributed by atoms with Crippen LogP contribution in [0.2, 0.25) is 0 Å². The van der Waals surface area contributed by atoms with Crippen LogP contribution in [0, 0.1) is 0 Å². The fourth-order valence-corrected chi connectivity index (χ4v) is 4.65. The van der Waals surface area contributed by atoms with Gasteiger partial charge in [0.1, 0.15) is 11.0 Å². The van der Waals surface area contributed by atoms with E-state index in [0.717, 1.165) is 20.6 Å². The number of fused-ring (bicyclic) bond motifs is 2. The van der Waals surface area contributed by atoms with Gasteiger partial charge in [-0.1, -0.05) is 12.1 Å². The number of aromatic amines is 1. The zero-order chi connectivity index (χ0) is 20.1. The highest BCUT2D eigenvalue weighted by Crippen LogP contribution is 2.38. The molecule has 4 aromatic rings. The van der Waals surface area contributed by atoms with Crippen molar-refractivity contribution in [3.8, 4) is 0 Å². The van der Waals surface area contributed by atoms with Crippen LogP contribution >= 0.6 is 11.3 Å². The quantitative estimate of drug-likeness (QED) is 0.555. The van der Waals surface area contributed by atoms with Gasteiger partial charge in [-0.25, -0.2) is 28.4 Å². The van der Waals surface area contributed by atoms with Crippen LogP contribution in [0.3, 0.4) is 0 Å². The maximum Gasteiger partial charge on any atom is 0.299 e. The van der Waals surface area contributed by atoms with E-state index in [1.807, 2.05) is 24.3 Å². The van der Waals surface area contributed by atoms with Crippen molar-refractivity contribution in [1.29, 1.82) is 0 Å². The zero-order valence-electron chi connectivity index (χ0n) is 15.2. The third-order valence-corrected chi connectivity index (χ3v) is 5.98. The van der Waals surface area contributed by atoms with E-state index >= 15 is 0 Å². The molecular weight excluding hydrogens is 400 g/mol. The second-order valence-electron chi connectivity index (χ2n) is 6.66. The van der Waals surface area contributed by atoms with Crippen molar-refractivity contribution in [3.63, 3.8) is 0 Å². The largest absolute Gasteiger partial charge is 0.348 e. The highest BCUT2D eigenvalue weighted by molar-refractivity contribution is 7.18. The van der Waals surface area contributed by atoms with Gasteiger partial charge in [0.25, 0.3) is 12.3 Å². The molecule has 8 nitrogen and oxygen atoms in total. The van der Waals surface area contributed by atoms with E-state index in [-0.39, 0.29) is 5.82 Å². The van der Waals surface area contributed by atoms with Crippen LogP contribution in [-0.2, 0) is 13.5 Å². The third-order valence-electron chi connectivity index (χ3n) is 4.90. The molecule has 5 rings (SSSR count). The number of thiazole rings is 1. The van der Waals surface area contributed by atoms with Crippen LogP contribution in [0.15, 0.2) is 30.6 Å². The Morgan fingerprint density at radius 3 is 2.90 bits per heavy atom. The molecule has 29 heavy (non-hydrogen) atoms. The van der Waals surface area contributed by atoms with Crippen LogP contribution in [-0.4, -0.2) is 47.1 Å². The molecule has 0 aliphatic carbocycles. The molecule has 1 N–H and O–H groups in total. The smallest absolute Gasteiger partial charge is 0.299 e. The molecule has 3 aromatic heterocycles. The number of aromatic nitrogens is 6. The minimum absolute atomic E-state index is 0.134. The molecule has 1 atom stereocenters. The number of aryl methyl sites for hydroxylation is 1. The van der Waals surface area contributed by atoms with Crippen LogP contribution in [0.1, 0.15) is 45.3 Å². The van der Waals surface area contributed by atoms with E-state index in [1.54, 1.807) is 11.2 Å². The Kier molecular flexibility index (Phi) is 4.12. The van der Waals surface area contributed by atoms with E-state index in [2.05, 4.69) is 20.1 Å². The molecule has 0 saturated heterocycles. The normalized spacial score (nSPS) is 16.6. The number of rotatable bonds is 3. The second kappa shape index (κ2) is 6.69. The molecule has 1 aromatic carbocycles. The Morgan fingerprint density at radius 1 is 1.31 bits per heavy atom. The van der Waals surface area contributed by atoms with Gasteiger partial charge in [-0.2, -0.15) is 0 Å². The SMILES string of the molecule is Cn1nc(C(F)F)nc1C(=O)N1CCc2[nH]cnc2[C@H]1c1nc2ccccc2s1. The standard InChI is InChI=1S/C18H15F2N7OS/c1-26-16(24-15(25-26)14(19)20)18(28)27-7-6-10-12(22-8-21-10)13(27)17-23-9-4-2-3-5-11(9)29-17/h2-5,8,13-14H,6-7H2,1H3,(H,21,22)/t13-/m0/s1. The molecule has 4 heterocycles. The van der Waals surface area contributed by atoms with Crippen LogP contribution < -0.4 is 0 Å². The van der Waals surface area contributed by atoms with E-state index in [9.17, 15) is 13.6 Å². The van der Waals surface area contributed by atoms with Gasteiger partial charge in [-0.05, 0) is 12.1 Å². The summed E-state index contributed by atoms with van der Waals surface area (Å²) in [5.74, 6) is -1.28. The number of amides is 1. The second-order valence-corrected chi connectivity index (χ2v) is 7.72. The Balaban J connectivity index is 1.60. The van der Waals surface area contributed by atoms with Gasteiger partial charge in [-0.3, -0.25) is 4.79 Å². The molecule has 1 aliphatic rings. The van der Waals surface area contributed by atoms with Crippen molar-refractivity contribution in [2.45, 2.75) is 18.9 Å². The minimum Gasteiger partial charge on any atom is -0.348 e. The number of carbonyl (C=O) groups excluding carboxylic acids is 1. The number of imidazole rings is 1. The molecule has 0 saturated carbocycles. The lowest BCUT2D eigenvalue weighted by molar-refractivity contribution is 0.0672. The van der Waals surface area contributed by atoms with Crippen LogP contribution in [0.5, 0.6) is 0 Å². The lowest BCUT2D eigenvalue weighted by Crippen LogP contribution is -2.41. The summed E-state index contributed by atoms with van der Waals surface area (Å²) in [6, 6.07) is 7.18. The zero-order valence-corrected chi connectivity index (χ0v) is 16.0. The van der Waals surface area contributed by atoms with Gasteiger partial charge in [0.2, 0.25) is 11.6 Å². The van der Waals surface area contributed by atoms with Crippen molar-refractivity contribution >= 4 is 27.5 Å². The van der Waals surface area contributed by atoms with E-state index in [0.29, 0.717) is 23.7 Å². The summed E-state index contributed by atoms with van der Waals surface area (Å²) in [6.45, 7) is 0.380. The van der Waals surface area contributed by atoms with Gasteiger partial charge >= 0.3 is 0 Å². The summed E-state index contributed by atoms with van der Waals surface area (Å²) in [6.07, 6.45) is -0.680. The van der Waals surface area contributed by atoms with Crippen molar-refractivity contribution in [2.75, 3.05) is 6.54 Å². The molecule has 0 bridgehead atoms. The number of hydrogen-bond donors (Lipinski definition) is 1. The van der Waals surface area contributed by atoms with Crippen LogP contribution in [0.4, 0.5) is 8.78 Å². The third kappa shape index (κ3) is 2.89. The van der Waals surface area contributed by atoms with Crippen molar-refractivity contribution in [3.05, 3.63) is 58.6 Å². The highest BCUT2D eigenvalue weighted by atomic mass is 32.1. The Bertz CT molecular complexity index is 1180. The minimum atomic E-state index is -2.85. The Hall–Kier alpha value is -3.21. The predicted octanol–water partition coefficient (Wildman–Crippen LogP) is 2.87. The molecule has 0 spiro atoms. The molecule has 11 heteroatoms. The van der Waals surface area contributed by atoms with Crippen molar-refractivity contribution < 1.29 is 13.6 Å². The molecule has 0 radical (unpaired) electrons. The van der Waals surface area contributed by atoms with Crippen molar-refractivity contribution in [2.24, 2.45) is 7.05 Å². The van der Waals surface area contributed by atoms with Crippen molar-refractivity contribution in [1.82, 2.24) is 34.6 Å². The number of alkyl halides is 2. The first kappa shape index (κ1) is 17.9. The number of para-hydroxylation sites is 1. The molecule has 1 amide bonds. The summed E-state index contributed by atoms with van der Waals surface area (Å²) in [5.41, 5.74) is 2.48. The average molecular weight is 415 g/mol. The first-order valence-corrected chi connectivity index (χ1v) is 9.72. The predicted molar refractivity (Wildman–Crippen MR) is 101 cm³/mol. The van der Waals surface area contributed by atoms with Gasteiger partial charge in [0, 0.05) is 25.7 Å². The lowest BCUT2D eigenvalue weighted by atomic mass is 10.0. The first-order chi connectivity index (χ1) is 14.0. The Morgan fingerprint density at radius 2 is 2.14 bits per heavy atom. The fraction of sp³-hybridized carbons (Fsp3) is 0.278. The van der Waals surface area contributed by atoms with Gasteiger partial charge in [0.15, 0.2) is 0 Å². The van der Waals surface area contributed by atoms with Gasteiger partial charge < -0.3 is 9.88 Å². The lowest BCUT2D eigenvalue weighted by Gasteiger charge is -2.33. The topological polar surface area (TPSA) is 92.6 Å². The summed E-state index contributed by atoms with van der Waals surface area (Å²) >= 11 is 1.48. The molecule has 0 unspecified atom stereocenters. The first-order valence-electron chi connectivity index (χ1n) is 8.90. The number of halogens is 2. The number of carbonyl (C=O) groups is 1. The maximum atomic E-state index is 13.3. The Labute approximate surface area is 167 Å². The summed E-state index contributed by atoms with van der Waals surface area (Å²) in [5, 5.41) is 4.38. The average Bonchev–Trinajstić information content (AvgIpc) is 3.43. The van der Waals surface area contributed by atoms with Crippen LogP contribution in [0.25, 0.3) is 10.2 Å². The number of nitrogens with zero attached hydrogens (tertiary/aromatic N) is 6. The number of H-pyrrole nitrogens is 1. The van der Waals surface area contributed by atoms with Gasteiger partial charge in [-0.15, -0.1) is 16.4 Å². The van der Waals surface area contributed by atoms with E-state index in [1.165, 1.54) is 18.4 Å². The highest BCUT2D eigenvalue weighted by Gasteiger charge is 2.38. The van der Waals surface area contributed by atoms with E-state index < -0.39 is 24.2 Å². The van der Waals surface area contributed by atoms with E-state index in [4.69, 9.17) is 4.98 Å². The summed E-state index contributed by atoms with van der Waals surface area (Å²) in [7, 11) is 1.43. The number of benzene rings is 1. The molecular formula is C18H15F2N7OS. The number of nitrogens with one attached hydrogen (secondary N) is 1. The number of hydrogen-bond acceptors (Lipinski definition) is 6. The summed E-state index contributed by atoms with van der Waals surface area (Å²) in [4.78, 5) is 30.9. The molecule has 0 fully saturated rings. The fourth-order valence-electron chi connectivity index (χ4n) is 3.56. The summed E-state index contributed by atoms with van der Waals surface area (Å²) < 4.78 is 28.1.